The van der Waals surface area contributed by atoms with Crippen molar-refractivity contribution < 1.29 is 9.84 Å². The lowest BCUT2D eigenvalue weighted by molar-refractivity contribution is 0.0296. The van der Waals surface area contributed by atoms with E-state index in [1.165, 1.54) is 44.1 Å². The zero-order chi connectivity index (χ0) is 13.2. The Kier molecular flexibility index (Phi) is 3.79. The van der Waals surface area contributed by atoms with Gasteiger partial charge in [-0.15, -0.1) is 0 Å². The van der Waals surface area contributed by atoms with Crippen molar-refractivity contribution in [3.8, 4) is 5.75 Å². The molecule has 2 atom stereocenters. The van der Waals surface area contributed by atoms with Crippen molar-refractivity contribution in [2.24, 2.45) is 5.92 Å². The monoisotopic (exact) mass is 260 g/mol. The molecule has 1 saturated carbocycles. The molecule has 1 N–H and O–H groups in total. The van der Waals surface area contributed by atoms with Gasteiger partial charge in [0.1, 0.15) is 11.9 Å². The first-order valence-electron chi connectivity index (χ1n) is 7.69. The summed E-state index contributed by atoms with van der Waals surface area (Å²) in [5.41, 5.74) is 2.17. The lowest BCUT2D eigenvalue weighted by Gasteiger charge is -2.34. The molecule has 2 heteroatoms. The predicted octanol–water partition coefficient (Wildman–Crippen LogP) is 4.15. The molecule has 0 aromatic heterocycles. The summed E-state index contributed by atoms with van der Waals surface area (Å²) >= 11 is 0. The Balaban J connectivity index is 1.78. The fourth-order valence-electron chi connectivity index (χ4n) is 3.57. The van der Waals surface area contributed by atoms with Gasteiger partial charge >= 0.3 is 0 Å². The molecule has 1 aromatic rings. The van der Waals surface area contributed by atoms with Crippen LogP contribution in [0.5, 0.6) is 5.75 Å². The molecule has 0 saturated heterocycles. The van der Waals surface area contributed by atoms with Crippen LogP contribution in [0.1, 0.15) is 62.2 Å². The van der Waals surface area contributed by atoms with Crippen molar-refractivity contribution >= 4 is 0 Å². The largest absolute Gasteiger partial charge is 0.490 e. The highest BCUT2D eigenvalue weighted by Crippen LogP contribution is 2.40. The summed E-state index contributed by atoms with van der Waals surface area (Å²) in [6.07, 6.45) is 8.52. The molecule has 0 bridgehead atoms. The van der Waals surface area contributed by atoms with Gasteiger partial charge in [0.15, 0.2) is 0 Å². The third-order valence-corrected chi connectivity index (χ3v) is 4.68. The molecule has 2 aliphatic rings. The quantitative estimate of drug-likeness (QED) is 0.769. The maximum absolute atomic E-state index is 10.4. The van der Waals surface area contributed by atoms with E-state index in [0.29, 0.717) is 5.92 Å². The van der Waals surface area contributed by atoms with Gasteiger partial charge in [-0.1, -0.05) is 37.3 Å². The van der Waals surface area contributed by atoms with Crippen molar-refractivity contribution in [3.63, 3.8) is 0 Å². The Labute approximate surface area is 115 Å². The summed E-state index contributed by atoms with van der Waals surface area (Å²) in [6.45, 7) is 2.06. The minimum atomic E-state index is -0.350. The maximum Gasteiger partial charge on any atom is 0.125 e. The van der Waals surface area contributed by atoms with Crippen LogP contribution < -0.4 is 4.74 Å². The normalized spacial score (nSPS) is 28.3. The predicted molar refractivity (Wildman–Crippen MR) is 76.4 cm³/mol. The first-order valence-corrected chi connectivity index (χ1v) is 7.69. The number of fused-ring (bicyclic) bond motifs is 1. The van der Waals surface area contributed by atoms with Crippen LogP contribution in [0.2, 0.25) is 0 Å². The number of aliphatic hydroxyl groups is 1. The average molecular weight is 260 g/mol. The third kappa shape index (κ3) is 2.79. The fraction of sp³-hybridized carbons (Fsp3) is 0.647. The van der Waals surface area contributed by atoms with E-state index in [1.54, 1.807) is 0 Å². The summed E-state index contributed by atoms with van der Waals surface area (Å²) in [5.74, 6) is 1.53. The summed E-state index contributed by atoms with van der Waals surface area (Å²) in [6, 6.07) is 6.15. The summed E-state index contributed by atoms with van der Waals surface area (Å²) in [7, 11) is 0. The second-order valence-electron chi connectivity index (χ2n) is 6.20. The van der Waals surface area contributed by atoms with Crippen molar-refractivity contribution in [2.75, 3.05) is 0 Å². The summed E-state index contributed by atoms with van der Waals surface area (Å²) < 4.78 is 6.19. The van der Waals surface area contributed by atoms with Gasteiger partial charge in [-0.2, -0.15) is 0 Å². The molecule has 0 spiro atoms. The van der Waals surface area contributed by atoms with Crippen LogP contribution in [0.15, 0.2) is 18.2 Å². The number of aliphatic hydroxyl groups excluding tert-OH is 1. The van der Waals surface area contributed by atoms with E-state index >= 15 is 0 Å². The van der Waals surface area contributed by atoms with E-state index in [2.05, 4.69) is 19.1 Å². The molecule has 1 aliphatic carbocycles. The lowest BCUT2D eigenvalue weighted by atomic mass is 9.86. The Bertz CT molecular complexity index is 433. The van der Waals surface area contributed by atoms with Gasteiger partial charge < -0.3 is 9.84 Å². The molecular weight excluding hydrogens is 236 g/mol. The number of rotatable bonds is 1. The SMILES string of the molecule is Cc1ccc2c(c1)[C@@H](O)CC(C1CCCCCC1)O2. The molecule has 1 heterocycles. The number of hydrogen-bond acceptors (Lipinski definition) is 2. The highest BCUT2D eigenvalue weighted by Gasteiger charge is 2.32. The average Bonchev–Trinajstić information content (AvgIpc) is 2.68. The Hall–Kier alpha value is -1.02. The molecule has 0 radical (unpaired) electrons. The third-order valence-electron chi connectivity index (χ3n) is 4.68. The van der Waals surface area contributed by atoms with Gasteiger partial charge in [-0.25, -0.2) is 0 Å². The molecule has 1 fully saturated rings. The van der Waals surface area contributed by atoms with Crippen molar-refractivity contribution in [3.05, 3.63) is 29.3 Å². The van der Waals surface area contributed by atoms with Crippen LogP contribution in [0.4, 0.5) is 0 Å². The number of ether oxygens (including phenoxy) is 1. The molecule has 1 aromatic carbocycles. The minimum absolute atomic E-state index is 0.211. The molecule has 2 nitrogen and oxygen atoms in total. The van der Waals surface area contributed by atoms with E-state index in [-0.39, 0.29) is 12.2 Å². The highest BCUT2D eigenvalue weighted by molar-refractivity contribution is 5.40. The van der Waals surface area contributed by atoms with E-state index < -0.39 is 0 Å². The van der Waals surface area contributed by atoms with Crippen LogP contribution >= 0.6 is 0 Å². The standard InChI is InChI=1S/C17H24O2/c1-12-8-9-16-14(10-12)15(18)11-17(19-16)13-6-4-2-3-5-7-13/h8-10,13,15,17-18H,2-7,11H2,1H3/t15-,17?/m0/s1. The highest BCUT2D eigenvalue weighted by atomic mass is 16.5. The van der Waals surface area contributed by atoms with E-state index in [4.69, 9.17) is 4.74 Å². The zero-order valence-electron chi connectivity index (χ0n) is 11.8. The number of aryl methyl sites for hydroxylation is 1. The fourth-order valence-corrected chi connectivity index (χ4v) is 3.57. The Morgan fingerprint density at radius 1 is 1.11 bits per heavy atom. The molecule has 1 unspecified atom stereocenters. The summed E-state index contributed by atoms with van der Waals surface area (Å²) in [5, 5.41) is 10.4. The van der Waals surface area contributed by atoms with Gasteiger partial charge in [0.25, 0.3) is 0 Å². The Morgan fingerprint density at radius 3 is 2.58 bits per heavy atom. The maximum atomic E-state index is 10.4. The van der Waals surface area contributed by atoms with Gasteiger partial charge in [0.05, 0.1) is 6.10 Å². The van der Waals surface area contributed by atoms with Gasteiger partial charge in [0.2, 0.25) is 0 Å². The van der Waals surface area contributed by atoms with Crippen molar-refractivity contribution in [1.29, 1.82) is 0 Å². The molecule has 104 valence electrons. The molecule has 1 aliphatic heterocycles. The Morgan fingerprint density at radius 2 is 1.84 bits per heavy atom. The molecule has 19 heavy (non-hydrogen) atoms. The van der Waals surface area contributed by atoms with Crippen molar-refractivity contribution in [2.45, 2.75) is 64.1 Å². The topological polar surface area (TPSA) is 29.5 Å². The molecular formula is C17H24O2. The van der Waals surface area contributed by atoms with Crippen LogP contribution in [-0.4, -0.2) is 11.2 Å². The second kappa shape index (κ2) is 5.54. The van der Waals surface area contributed by atoms with Crippen LogP contribution in [0.25, 0.3) is 0 Å². The second-order valence-corrected chi connectivity index (χ2v) is 6.20. The number of hydrogen-bond donors (Lipinski definition) is 1. The van der Waals surface area contributed by atoms with E-state index in [0.717, 1.165) is 17.7 Å². The minimum Gasteiger partial charge on any atom is -0.490 e. The lowest BCUT2D eigenvalue weighted by Crippen LogP contribution is -2.32. The van der Waals surface area contributed by atoms with Crippen LogP contribution in [-0.2, 0) is 0 Å². The number of benzene rings is 1. The van der Waals surface area contributed by atoms with Gasteiger partial charge in [-0.05, 0) is 37.8 Å². The van der Waals surface area contributed by atoms with Gasteiger partial charge in [0, 0.05) is 12.0 Å². The van der Waals surface area contributed by atoms with Crippen LogP contribution in [0, 0.1) is 12.8 Å². The first-order chi connectivity index (χ1) is 9.24. The smallest absolute Gasteiger partial charge is 0.125 e. The van der Waals surface area contributed by atoms with E-state index in [1.807, 2.05) is 6.07 Å². The zero-order valence-corrected chi connectivity index (χ0v) is 11.8. The molecule has 0 amide bonds. The van der Waals surface area contributed by atoms with Gasteiger partial charge in [-0.3, -0.25) is 0 Å². The van der Waals surface area contributed by atoms with Crippen molar-refractivity contribution in [1.82, 2.24) is 0 Å². The summed E-state index contributed by atoms with van der Waals surface area (Å²) in [4.78, 5) is 0. The first kappa shape index (κ1) is 13.0. The van der Waals surface area contributed by atoms with Crippen LogP contribution in [0.3, 0.4) is 0 Å². The molecule has 3 rings (SSSR count). The van der Waals surface area contributed by atoms with E-state index in [9.17, 15) is 5.11 Å².